The van der Waals surface area contributed by atoms with Crippen LogP contribution >= 0.6 is 11.3 Å². The highest BCUT2D eigenvalue weighted by atomic mass is 32.1. The molecule has 1 aromatic carbocycles. The lowest BCUT2D eigenvalue weighted by Crippen LogP contribution is -2.36. The molecule has 1 N–H and O–H groups in total. The van der Waals surface area contributed by atoms with Gasteiger partial charge in [0.1, 0.15) is 4.83 Å². The predicted molar refractivity (Wildman–Crippen MR) is 113 cm³/mol. The van der Waals surface area contributed by atoms with Crippen LogP contribution in [0, 0.1) is 5.92 Å². The molecular weight excluding hydrogens is 411 g/mol. The maximum absolute atomic E-state index is 13.1. The van der Waals surface area contributed by atoms with Gasteiger partial charge in [0.25, 0.3) is 5.56 Å². The Hall–Kier alpha value is -2.19. The van der Waals surface area contributed by atoms with Crippen LogP contribution in [-0.4, -0.2) is 22.1 Å². The SMILES string of the molecule is CC(C)CN[C@H]1CCc2c(sc3ncn(Cc4cccc(C(F)(F)F)c4)c(=O)c23)C1. The van der Waals surface area contributed by atoms with Crippen LogP contribution in [0.5, 0.6) is 0 Å². The number of halogens is 3. The van der Waals surface area contributed by atoms with Crippen molar-refractivity contribution < 1.29 is 13.2 Å². The van der Waals surface area contributed by atoms with Gasteiger partial charge in [-0.1, -0.05) is 26.0 Å². The van der Waals surface area contributed by atoms with E-state index in [4.69, 9.17) is 0 Å². The Morgan fingerprint density at radius 3 is 2.87 bits per heavy atom. The standard InChI is InChI=1S/C22H24F3N3OS/c1-13(2)10-26-16-6-7-17-18(9-16)30-20-19(17)21(29)28(12-27-20)11-14-4-3-5-15(8-14)22(23,24)25/h3-5,8,12-13,16,26H,6-7,9-11H2,1-2H3/t16-/m0/s1. The number of nitrogens with zero attached hydrogens (tertiary/aromatic N) is 2. The molecule has 8 heteroatoms. The van der Waals surface area contributed by atoms with E-state index in [1.54, 1.807) is 17.4 Å². The molecule has 0 amide bonds. The van der Waals surface area contributed by atoms with Crippen molar-refractivity contribution in [3.63, 3.8) is 0 Å². The van der Waals surface area contributed by atoms with Crippen LogP contribution in [0.2, 0.25) is 0 Å². The summed E-state index contributed by atoms with van der Waals surface area (Å²) < 4.78 is 40.4. The molecule has 1 aliphatic carbocycles. The van der Waals surface area contributed by atoms with E-state index in [0.29, 0.717) is 22.9 Å². The summed E-state index contributed by atoms with van der Waals surface area (Å²) in [5, 5.41) is 4.22. The Bertz CT molecular complexity index is 1120. The van der Waals surface area contributed by atoms with Gasteiger partial charge in [0, 0.05) is 10.9 Å². The third-order valence-electron chi connectivity index (χ3n) is 5.46. The zero-order valence-electron chi connectivity index (χ0n) is 16.9. The van der Waals surface area contributed by atoms with E-state index in [9.17, 15) is 18.0 Å². The topological polar surface area (TPSA) is 46.9 Å². The van der Waals surface area contributed by atoms with Crippen molar-refractivity contribution in [2.45, 2.75) is 51.9 Å². The first kappa shape index (κ1) is 21.1. The van der Waals surface area contributed by atoms with Crippen molar-refractivity contribution in [1.29, 1.82) is 0 Å². The van der Waals surface area contributed by atoms with Crippen LogP contribution in [-0.2, 0) is 25.6 Å². The molecule has 0 aliphatic heterocycles. The number of fused-ring (bicyclic) bond motifs is 3. The second kappa shape index (κ2) is 8.15. The molecule has 0 radical (unpaired) electrons. The molecular formula is C22H24F3N3OS. The Morgan fingerprint density at radius 1 is 1.33 bits per heavy atom. The molecule has 1 atom stereocenters. The van der Waals surface area contributed by atoms with Gasteiger partial charge in [0.15, 0.2) is 0 Å². The minimum Gasteiger partial charge on any atom is -0.313 e. The van der Waals surface area contributed by atoms with Crippen LogP contribution in [0.4, 0.5) is 13.2 Å². The second-order valence-electron chi connectivity index (χ2n) is 8.30. The highest BCUT2D eigenvalue weighted by molar-refractivity contribution is 7.18. The summed E-state index contributed by atoms with van der Waals surface area (Å²) in [6, 6.07) is 5.49. The molecule has 0 spiro atoms. The molecule has 0 saturated carbocycles. The average molecular weight is 436 g/mol. The minimum atomic E-state index is -4.41. The first-order valence-electron chi connectivity index (χ1n) is 10.1. The molecule has 1 aliphatic rings. The maximum Gasteiger partial charge on any atom is 0.416 e. The smallest absolute Gasteiger partial charge is 0.313 e. The Kier molecular flexibility index (Phi) is 5.72. The minimum absolute atomic E-state index is 0.0644. The van der Waals surface area contributed by atoms with Gasteiger partial charge in [0.2, 0.25) is 0 Å². The summed E-state index contributed by atoms with van der Waals surface area (Å²) in [6.07, 6.45) is -0.295. The van der Waals surface area contributed by atoms with Crippen molar-refractivity contribution in [1.82, 2.24) is 14.9 Å². The van der Waals surface area contributed by atoms with Crippen molar-refractivity contribution >= 4 is 21.6 Å². The van der Waals surface area contributed by atoms with Gasteiger partial charge in [-0.15, -0.1) is 11.3 Å². The van der Waals surface area contributed by atoms with Gasteiger partial charge in [-0.25, -0.2) is 4.98 Å². The number of aromatic nitrogens is 2. The second-order valence-corrected chi connectivity index (χ2v) is 9.39. The van der Waals surface area contributed by atoms with Crippen LogP contribution in [0.15, 0.2) is 35.4 Å². The Morgan fingerprint density at radius 2 is 2.13 bits per heavy atom. The number of nitrogens with one attached hydrogen (secondary N) is 1. The lowest BCUT2D eigenvalue weighted by atomic mass is 9.93. The van der Waals surface area contributed by atoms with Gasteiger partial charge >= 0.3 is 6.18 Å². The molecule has 0 saturated heterocycles. The van der Waals surface area contributed by atoms with Gasteiger partial charge in [-0.3, -0.25) is 9.36 Å². The fraction of sp³-hybridized carbons (Fsp3) is 0.455. The highest BCUT2D eigenvalue weighted by Crippen LogP contribution is 2.34. The first-order valence-corrected chi connectivity index (χ1v) is 10.9. The lowest BCUT2D eigenvalue weighted by molar-refractivity contribution is -0.137. The predicted octanol–water partition coefficient (Wildman–Crippen LogP) is 4.63. The molecule has 30 heavy (non-hydrogen) atoms. The van der Waals surface area contributed by atoms with Crippen LogP contribution in [0.1, 0.15) is 41.8 Å². The summed E-state index contributed by atoms with van der Waals surface area (Å²) in [7, 11) is 0. The number of benzene rings is 1. The number of rotatable bonds is 5. The third kappa shape index (κ3) is 4.30. The molecule has 2 aromatic heterocycles. The van der Waals surface area contributed by atoms with E-state index in [-0.39, 0.29) is 12.1 Å². The van der Waals surface area contributed by atoms with Crippen LogP contribution < -0.4 is 10.9 Å². The van der Waals surface area contributed by atoms with Crippen LogP contribution in [0.3, 0.4) is 0 Å². The van der Waals surface area contributed by atoms with Gasteiger partial charge in [-0.05, 0) is 55.0 Å². The molecule has 160 valence electrons. The zero-order chi connectivity index (χ0) is 21.5. The fourth-order valence-electron chi connectivity index (χ4n) is 3.93. The van der Waals surface area contributed by atoms with E-state index in [1.165, 1.54) is 21.8 Å². The van der Waals surface area contributed by atoms with Crippen molar-refractivity contribution in [2.75, 3.05) is 6.54 Å². The third-order valence-corrected chi connectivity index (χ3v) is 6.62. The lowest BCUT2D eigenvalue weighted by Gasteiger charge is -2.24. The molecule has 0 fully saturated rings. The van der Waals surface area contributed by atoms with E-state index in [1.807, 2.05) is 0 Å². The number of thiophene rings is 1. The van der Waals surface area contributed by atoms with Crippen molar-refractivity contribution in [3.8, 4) is 0 Å². The van der Waals surface area contributed by atoms with E-state index >= 15 is 0 Å². The van der Waals surface area contributed by atoms with E-state index in [0.717, 1.165) is 48.3 Å². The summed E-state index contributed by atoms with van der Waals surface area (Å²) in [6.45, 7) is 5.39. The zero-order valence-corrected chi connectivity index (χ0v) is 17.7. The quantitative estimate of drug-likeness (QED) is 0.636. The monoisotopic (exact) mass is 435 g/mol. The highest BCUT2D eigenvalue weighted by Gasteiger charge is 2.30. The Labute approximate surface area is 176 Å². The van der Waals surface area contributed by atoms with Gasteiger partial charge < -0.3 is 5.32 Å². The van der Waals surface area contributed by atoms with E-state index < -0.39 is 11.7 Å². The fourth-order valence-corrected chi connectivity index (χ4v) is 5.19. The number of alkyl halides is 3. The molecule has 3 aromatic rings. The van der Waals surface area contributed by atoms with Gasteiger partial charge in [0.05, 0.1) is 23.8 Å². The summed E-state index contributed by atoms with van der Waals surface area (Å²) >= 11 is 1.56. The molecule has 0 unspecified atom stereocenters. The average Bonchev–Trinajstić information content (AvgIpc) is 3.06. The molecule has 4 nitrogen and oxygen atoms in total. The summed E-state index contributed by atoms with van der Waals surface area (Å²) in [5.41, 5.74) is 0.599. The number of hydrogen-bond donors (Lipinski definition) is 1. The molecule has 2 heterocycles. The van der Waals surface area contributed by atoms with Crippen molar-refractivity contribution in [3.05, 3.63) is 62.5 Å². The summed E-state index contributed by atoms with van der Waals surface area (Å²) in [4.78, 5) is 19.5. The molecule has 0 bridgehead atoms. The largest absolute Gasteiger partial charge is 0.416 e. The normalized spacial score (nSPS) is 16.9. The first-order chi connectivity index (χ1) is 14.2. The Balaban J connectivity index is 1.62. The van der Waals surface area contributed by atoms with Gasteiger partial charge in [-0.2, -0.15) is 13.2 Å². The van der Waals surface area contributed by atoms with Crippen molar-refractivity contribution in [2.24, 2.45) is 5.92 Å². The van der Waals surface area contributed by atoms with Crippen LogP contribution in [0.25, 0.3) is 10.2 Å². The summed E-state index contributed by atoms with van der Waals surface area (Å²) in [5.74, 6) is 0.582. The number of hydrogen-bond acceptors (Lipinski definition) is 4. The maximum atomic E-state index is 13.1. The molecule has 4 rings (SSSR count). The number of aryl methyl sites for hydroxylation is 1. The van der Waals surface area contributed by atoms with E-state index in [2.05, 4.69) is 24.1 Å².